The van der Waals surface area contributed by atoms with E-state index in [1.54, 1.807) is 0 Å². The Balaban J connectivity index is 4.03. The van der Waals surface area contributed by atoms with Gasteiger partial charge in [-0.1, -0.05) is 148 Å². The topological polar surface area (TPSA) is 77.1 Å². The zero-order chi connectivity index (χ0) is 34.5. The molecule has 7 nitrogen and oxygen atoms in total. The lowest BCUT2D eigenvalue weighted by atomic mass is 10.1. The molecule has 1 amide bonds. The first-order valence-corrected chi connectivity index (χ1v) is 20.0. The summed E-state index contributed by atoms with van der Waals surface area (Å²) in [4.78, 5) is 26.7. The summed E-state index contributed by atoms with van der Waals surface area (Å²) < 4.78 is 16.7. The van der Waals surface area contributed by atoms with E-state index in [9.17, 15) is 9.59 Å². The Morgan fingerprint density at radius 2 is 1.04 bits per heavy atom. The van der Waals surface area contributed by atoms with Crippen LogP contribution in [0.15, 0.2) is 12.2 Å². The predicted octanol–water partition coefficient (Wildman–Crippen LogP) is 10.9. The fourth-order valence-corrected chi connectivity index (χ4v) is 5.54. The summed E-state index contributed by atoms with van der Waals surface area (Å²) in [5, 5.41) is 2.83. The maximum atomic E-state index is 12.4. The maximum Gasteiger partial charge on any atom is 0.407 e. The number of nitrogens with zero attached hydrogens (tertiary/aromatic N) is 1. The molecule has 47 heavy (non-hydrogen) atoms. The highest BCUT2D eigenvalue weighted by molar-refractivity contribution is 5.69. The second kappa shape index (κ2) is 37.2. The van der Waals surface area contributed by atoms with Crippen molar-refractivity contribution >= 4 is 12.1 Å². The number of hydrogen-bond acceptors (Lipinski definition) is 6. The molecule has 0 radical (unpaired) electrons. The molecule has 7 heteroatoms. The lowest BCUT2D eigenvalue weighted by Gasteiger charge is -2.19. The number of esters is 1. The first-order valence-electron chi connectivity index (χ1n) is 20.0. The van der Waals surface area contributed by atoms with Crippen LogP contribution in [0.4, 0.5) is 4.79 Å². The zero-order valence-electron chi connectivity index (χ0n) is 31.6. The number of amides is 1. The Bertz CT molecular complexity index is 700. The Hall–Kier alpha value is -1.60. The van der Waals surface area contributed by atoms with Gasteiger partial charge in [0.15, 0.2) is 0 Å². The minimum atomic E-state index is -0.501. The van der Waals surface area contributed by atoms with Crippen LogP contribution >= 0.6 is 0 Å². The van der Waals surface area contributed by atoms with Gasteiger partial charge in [-0.2, -0.15) is 0 Å². The van der Waals surface area contributed by atoms with Gasteiger partial charge in [0, 0.05) is 19.6 Å². The molecular formula is C40H78N2O5. The monoisotopic (exact) mass is 667 g/mol. The molecule has 1 atom stereocenters. The Labute approximate surface area is 291 Å². The van der Waals surface area contributed by atoms with Gasteiger partial charge in [0.2, 0.25) is 0 Å². The normalized spacial score (nSPS) is 12.2. The van der Waals surface area contributed by atoms with E-state index in [4.69, 9.17) is 14.2 Å². The Kier molecular flexibility index (Phi) is 36.0. The van der Waals surface area contributed by atoms with E-state index in [-0.39, 0.29) is 12.6 Å². The van der Waals surface area contributed by atoms with Crippen LogP contribution in [0.2, 0.25) is 0 Å². The number of ether oxygens (including phenoxy) is 3. The highest BCUT2D eigenvalue weighted by atomic mass is 16.6. The number of carbonyl (C=O) groups is 2. The number of rotatable bonds is 36. The molecule has 0 bridgehead atoms. The molecule has 1 N–H and O–H groups in total. The first kappa shape index (κ1) is 45.4. The second-order valence-corrected chi connectivity index (χ2v) is 13.8. The van der Waals surface area contributed by atoms with Crippen LogP contribution in [-0.4, -0.2) is 70.1 Å². The van der Waals surface area contributed by atoms with Crippen LogP contribution in [0.5, 0.6) is 0 Å². The van der Waals surface area contributed by atoms with Gasteiger partial charge in [0.05, 0.1) is 12.6 Å². The van der Waals surface area contributed by atoms with Crippen molar-refractivity contribution in [2.24, 2.45) is 0 Å². The molecule has 0 aliphatic rings. The molecule has 1 unspecified atom stereocenters. The first-order chi connectivity index (χ1) is 23.0. The van der Waals surface area contributed by atoms with Gasteiger partial charge in [0.1, 0.15) is 13.2 Å². The number of nitrogens with one attached hydrogen (secondary N) is 1. The predicted molar refractivity (Wildman–Crippen MR) is 199 cm³/mol. The van der Waals surface area contributed by atoms with Crippen LogP contribution < -0.4 is 5.32 Å². The largest absolute Gasteiger partial charge is 0.463 e. The lowest BCUT2D eigenvalue weighted by Crippen LogP contribution is -2.43. The SMILES string of the molecule is CCCCCCCC/C=C\CCCCCCCC(=O)OCC(COCCCCCCCCCCCCCC)NC(=O)OCCN(C)C. The molecule has 0 saturated heterocycles. The summed E-state index contributed by atoms with van der Waals surface area (Å²) in [6, 6.07) is -0.419. The van der Waals surface area contributed by atoms with Gasteiger partial charge in [-0.25, -0.2) is 4.79 Å². The summed E-state index contributed by atoms with van der Waals surface area (Å²) in [6.07, 6.45) is 36.2. The number of alkyl carbamates (subject to hydrolysis) is 1. The summed E-state index contributed by atoms with van der Waals surface area (Å²) >= 11 is 0. The molecule has 0 aromatic carbocycles. The fourth-order valence-electron chi connectivity index (χ4n) is 5.54. The molecule has 0 heterocycles. The van der Waals surface area contributed by atoms with Gasteiger partial charge < -0.3 is 24.4 Å². The average molecular weight is 667 g/mol. The van der Waals surface area contributed by atoms with E-state index in [2.05, 4.69) is 31.3 Å². The molecule has 0 rings (SSSR count). The molecular weight excluding hydrogens is 588 g/mol. The molecule has 0 spiro atoms. The van der Waals surface area contributed by atoms with Gasteiger partial charge >= 0.3 is 12.1 Å². The average Bonchev–Trinajstić information content (AvgIpc) is 3.05. The maximum absolute atomic E-state index is 12.4. The van der Waals surface area contributed by atoms with Gasteiger partial charge in [-0.15, -0.1) is 0 Å². The van der Waals surface area contributed by atoms with Gasteiger partial charge in [-0.05, 0) is 52.6 Å². The number of carbonyl (C=O) groups excluding carboxylic acids is 2. The molecule has 0 saturated carbocycles. The van der Waals surface area contributed by atoms with Crippen molar-refractivity contribution in [3.05, 3.63) is 12.2 Å². The van der Waals surface area contributed by atoms with Gasteiger partial charge in [-0.3, -0.25) is 4.79 Å². The quantitative estimate of drug-likeness (QED) is 0.0407. The third-order valence-corrected chi connectivity index (χ3v) is 8.64. The molecule has 0 aliphatic heterocycles. The molecule has 278 valence electrons. The van der Waals surface area contributed by atoms with Crippen LogP contribution in [0.3, 0.4) is 0 Å². The number of hydrogen-bond donors (Lipinski definition) is 1. The standard InChI is InChI=1S/C40H78N2O5/c1-5-7-9-11-13-15-17-19-20-21-22-24-26-28-30-32-39(43)47-37-38(41-40(44)46-35-33-42(3)4)36-45-34-31-29-27-25-23-18-16-14-12-10-8-6-2/h19-20,38H,5-18,21-37H2,1-4H3,(H,41,44)/b20-19-. The van der Waals surface area contributed by atoms with Crippen molar-refractivity contribution < 1.29 is 23.8 Å². The smallest absolute Gasteiger partial charge is 0.407 e. The van der Waals surface area contributed by atoms with E-state index >= 15 is 0 Å². The minimum Gasteiger partial charge on any atom is -0.463 e. The third-order valence-electron chi connectivity index (χ3n) is 8.64. The van der Waals surface area contributed by atoms with E-state index in [0.29, 0.717) is 32.8 Å². The fraction of sp³-hybridized carbons (Fsp3) is 0.900. The van der Waals surface area contributed by atoms with Crippen LogP contribution in [0.1, 0.15) is 181 Å². The Morgan fingerprint density at radius 1 is 0.574 bits per heavy atom. The van der Waals surface area contributed by atoms with Crippen molar-refractivity contribution in [1.82, 2.24) is 10.2 Å². The third kappa shape index (κ3) is 37.1. The van der Waals surface area contributed by atoms with Crippen LogP contribution in [-0.2, 0) is 19.0 Å². The number of allylic oxidation sites excluding steroid dienone is 2. The van der Waals surface area contributed by atoms with Crippen molar-refractivity contribution in [3.8, 4) is 0 Å². The lowest BCUT2D eigenvalue weighted by molar-refractivity contribution is -0.145. The van der Waals surface area contributed by atoms with E-state index < -0.39 is 12.1 Å². The second-order valence-electron chi connectivity index (χ2n) is 13.8. The van der Waals surface area contributed by atoms with Crippen molar-refractivity contribution in [2.75, 3.05) is 47.1 Å². The summed E-state index contributed by atoms with van der Waals surface area (Å²) in [5.41, 5.74) is 0. The van der Waals surface area contributed by atoms with Crippen molar-refractivity contribution in [2.45, 2.75) is 187 Å². The number of likely N-dealkylation sites (N-methyl/N-ethyl adjacent to an activating group) is 1. The van der Waals surface area contributed by atoms with E-state index in [1.165, 1.54) is 122 Å². The summed E-state index contributed by atoms with van der Waals surface area (Å²) in [5.74, 6) is -0.212. The number of unbranched alkanes of at least 4 members (excludes halogenated alkanes) is 22. The van der Waals surface area contributed by atoms with Crippen LogP contribution in [0.25, 0.3) is 0 Å². The zero-order valence-corrected chi connectivity index (χ0v) is 31.6. The summed E-state index contributed by atoms with van der Waals surface area (Å²) in [6.45, 7) is 6.55. The molecule has 0 aromatic rings. The van der Waals surface area contributed by atoms with Crippen molar-refractivity contribution in [3.63, 3.8) is 0 Å². The highest BCUT2D eigenvalue weighted by Crippen LogP contribution is 2.13. The van der Waals surface area contributed by atoms with E-state index in [1.807, 2.05) is 19.0 Å². The summed E-state index contributed by atoms with van der Waals surface area (Å²) in [7, 11) is 3.87. The van der Waals surface area contributed by atoms with E-state index in [0.717, 1.165) is 38.5 Å². The van der Waals surface area contributed by atoms with Crippen LogP contribution in [0, 0.1) is 0 Å². The molecule has 0 aromatic heterocycles. The Morgan fingerprint density at radius 3 is 1.55 bits per heavy atom. The van der Waals surface area contributed by atoms with Gasteiger partial charge in [0.25, 0.3) is 0 Å². The van der Waals surface area contributed by atoms with Crippen molar-refractivity contribution in [1.29, 1.82) is 0 Å². The highest BCUT2D eigenvalue weighted by Gasteiger charge is 2.16. The molecule has 0 fully saturated rings. The minimum absolute atomic E-state index is 0.102. The molecule has 0 aliphatic carbocycles.